The molecule has 0 saturated heterocycles. The third-order valence-electron chi connectivity index (χ3n) is 8.68. The molecule has 0 spiro atoms. The van der Waals surface area contributed by atoms with Crippen molar-refractivity contribution in [3.8, 4) is 5.75 Å². The molecule has 0 amide bonds. The van der Waals surface area contributed by atoms with E-state index in [9.17, 15) is 71.9 Å². The number of alkyl halides is 12. The van der Waals surface area contributed by atoms with Crippen molar-refractivity contribution < 1.29 is 95.9 Å². The van der Waals surface area contributed by atoms with Crippen molar-refractivity contribution in [3.05, 3.63) is 30.3 Å². The number of benzene rings is 1. The van der Waals surface area contributed by atoms with Gasteiger partial charge in [0.15, 0.2) is 0 Å². The molecule has 4 atom stereocenters. The minimum Gasteiger partial charge on any atom is -0.491 e. The van der Waals surface area contributed by atoms with Crippen LogP contribution in [0, 0.1) is 23.7 Å². The van der Waals surface area contributed by atoms with Crippen molar-refractivity contribution >= 4 is 23.7 Å². The maximum absolute atomic E-state index is 13.4. The standard InChI is InChI=1S/C15H22O4.C13H14F12O2.C6H12O.C5H10O2/c1-3-13(2)15(16)19-12-10-17-9-11-18-14-7-5-4-6-8-14;1-3-6(2)7(26)27-5-4-9(16,17)11(20,21)13(24,25)12(22,23)10(18,19)8(14)15;1-4-5(2)6(3)7;1-3-4(2)5(6)7/h4-8,13H,3,9-12H2,1-2H3;6,8H,3-5H2,1-2H3;5H,4H2,1-3H3;4H,3H2,1-2H3,(H,6,7). The predicted octanol–water partition coefficient (Wildman–Crippen LogP) is 10.8. The van der Waals surface area contributed by atoms with Crippen LogP contribution >= 0.6 is 0 Å². The molecule has 352 valence electrons. The second-order valence-electron chi connectivity index (χ2n) is 13.4. The average Bonchev–Trinajstić information content (AvgIpc) is 3.19. The summed E-state index contributed by atoms with van der Waals surface area (Å²) in [6.45, 7) is 15.7. The van der Waals surface area contributed by atoms with Gasteiger partial charge in [0.25, 0.3) is 0 Å². The maximum Gasteiger partial charge on any atom is 0.384 e. The Morgan fingerprint density at radius 3 is 1.35 bits per heavy atom. The van der Waals surface area contributed by atoms with Gasteiger partial charge in [0.2, 0.25) is 0 Å². The van der Waals surface area contributed by atoms with Gasteiger partial charge in [0.1, 0.15) is 24.7 Å². The zero-order valence-electron chi connectivity index (χ0n) is 35.1. The number of carbonyl (C=O) groups is 4. The summed E-state index contributed by atoms with van der Waals surface area (Å²) < 4.78 is 175. The van der Waals surface area contributed by atoms with E-state index < -0.39 is 66.9 Å². The highest BCUT2D eigenvalue weighted by Crippen LogP contribution is 2.58. The number of Topliss-reactive ketones (excluding diaryl/α,β-unsaturated/α-hetero) is 1. The fourth-order valence-corrected chi connectivity index (χ4v) is 3.33. The molecule has 0 heterocycles. The number of hydrogen-bond donors (Lipinski definition) is 1. The number of esters is 2. The number of para-hydroxylation sites is 1. The van der Waals surface area contributed by atoms with Crippen molar-refractivity contribution in [3.63, 3.8) is 0 Å². The van der Waals surface area contributed by atoms with Gasteiger partial charge in [-0.3, -0.25) is 19.2 Å². The minimum atomic E-state index is -7.57. The van der Waals surface area contributed by atoms with Crippen molar-refractivity contribution in [2.45, 2.75) is 130 Å². The molecule has 0 bridgehead atoms. The van der Waals surface area contributed by atoms with Crippen molar-refractivity contribution in [2.24, 2.45) is 23.7 Å². The van der Waals surface area contributed by atoms with E-state index in [2.05, 4.69) is 4.74 Å². The summed E-state index contributed by atoms with van der Waals surface area (Å²) in [5, 5.41) is 8.18. The summed E-state index contributed by atoms with van der Waals surface area (Å²) in [6, 6.07) is 9.58. The highest BCUT2D eigenvalue weighted by atomic mass is 19.4. The summed E-state index contributed by atoms with van der Waals surface area (Å²) in [6.07, 6.45) is -5.39. The van der Waals surface area contributed by atoms with Gasteiger partial charge in [0, 0.05) is 5.92 Å². The Morgan fingerprint density at radius 2 is 1.00 bits per heavy atom. The molecule has 0 saturated carbocycles. The first kappa shape index (κ1) is 60.5. The summed E-state index contributed by atoms with van der Waals surface area (Å²) >= 11 is 0. The normalized spacial score (nSPS) is 14.0. The molecule has 0 fully saturated rings. The van der Waals surface area contributed by atoms with Gasteiger partial charge in [-0.15, -0.1) is 0 Å². The molecular weight excluding hydrogens is 840 g/mol. The third-order valence-corrected chi connectivity index (χ3v) is 8.68. The van der Waals surface area contributed by atoms with Crippen LogP contribution < -0.4 is 4.74 Å². The average molecular weight is 899 g/mol. The fourth-order valence-electron chi connectivity index (χ4n) is 3.33. The fraction of sp³-hybridized carbons (Fsp3) is 0.744. The van der Waals surface area contributed by atoms with Crippen LogP contribution in [0.4, 0.5) is 52.7 Å². The van der Waals surface area contributed by atoms with Crippen LogP contribution in [0.3, 0.4) is 0 Å². The van der Waals surface area contributed by atoms with Crippen LogP contribution in [0.15, 0.2) is 30.3 Å². The van der Waals surface area contributed by atoms with Crippen molar-refractivity contribution in [1.82, 2.24) is 0 Å². The lowest BCUT2D eigenvalue weighted by atomic mass is 9.93. The Balaban J connectivity index is -0.000000842. The minimum absolute atomic E-state index is 0.0404. The molecular formula is C39H58F12O9. The molecule has 0 aliphatic rings. The lowest BCUT2D eigenvalue weighted by Crippen LogP contribution is -2.68. The van der Waals surface area contributed by atoms with Gasteiger partial charge >= 0.3 is 53.9 Å². The lowest BCUT2D eigenvalue weighted by molar-refractivity contribution is -0.413. The Hall–Kier alpha value is -3.78. The van der Waals surface area contributed by atoms with E-state index in [0.29, 0.717) is 32.2 Å². The first-order valence-corrected chi connectivity index (χ1v) is 18.9. The van der Waals surface area contributed by atoms with Crippen LogP contribution in [0.25, 0.3) is 0 Å². The molecule has 1 aromatic carbocycles. The molecule has 4 unspecified atom stereocenters. The monoisotopic (exact) mass is 898 g/mol. The summed E-state index contributed by atoms with van der Waals surface area (Å²) in [5.41, 5.74) is 0. The zero-order valence-corrected chi connectivity index (χ0v) is 35.1. The van der Waals surface area contributed by atoms with Crippen LogP contribution in [-0.4, -0.2) is 97.9 Å². The number of aliphatic carboxylic acids is 1. The number of carbonyl (C=O) groups excluding carboxylic acids is 3. The quantitative estimate of drug-likeness (QED) is 0.0649. The Morgan fingerprint density at radius 1 is 0.583 bits per heavy atom. The Kier molecular flexibility index (Phi) is 28.9. The Labute approximate surface area is 342 Å². The summed E-state index contributed by atoms with van der Waals surface area (Å²) in [4.78, 5) is 42.8. The number of ether oxygens (including phenoxy) is 4. The molecule has 0 radical (unpaired) electrons. The maximum atomic E-state index is 13.4. The number of carboxylic acids is 1. The van der Waals surface area contributed by atoms with E-state index in [0.717, 1.165) is 25.0 Å². The Bertz CT molecular complexity index is 1350. The molecule has 1 rings (SSSR count). The second-order valence-corrected chi connectivity index (χ2v) is 13.4. The van der Waals surface area contributed by atoms with Crippen LogP contribution in [0.1, 0.15) is 94.4 Å². The van der Waals surface area contributed by atoms with E-state index in [-0.39, 0.29) is 30.1 Å². The highest BCUT2D eigenvalue weighted by Gasteiger charge is 2.87. The van der Waals surface area contributed by atoms with Crippen LogP contribution in [0.5, 0.6) is 5.75 Å². The smallest absolute Gasteiger partial charge is 0.384 e. The van der Waals surface area contributed by atoms with Crippen molar-refractivity contribution in [2.75, 3.05) is 33.0 Å². The van der Waals surface area contributed by atoms with E-state index >= 15 is 0 Å². The predicted molar refractivity (Wildman–Crippen MR) is 196 cm³/mol. The largest absolute Gasteiger partial charge is 0.491 e. The van der Waals surface area contributed by atoms with Gasteiger partial charge in [-0.05, 0) is 44.7 Å². The van der Waals surface area contributed by atoms with Gasteiger partial charge in [-0.2, -0.15) is 43.9 Å². The number of ketones is 1. The first-order chi connectivity index (χ1) is 27.4. The number of halogens is 12. The number of hydrogen-bond acceptors (Lipinski definition) is 8. The summed E-state index contributed by atoms with van der Waals surface area (Å²) in [5.74, 6) is -37.2. The molecule has 0 aliphatic carbocycles. The van der Waals surface area contributed by atoms with E-state index in [1.54, 1.807) is 13.8 Å². The van der Waals surface area contributed by atoms with Crippen LogP contribution in [-0.2, 0) is 33.4 Å². The number of rotatable bonds is 23. The topological polar surface area (TPSA) is 125 Å². The molecule has 60 heavy (non-hydrogen) atoms. The lowest BCUT2D eigenvalue weighted by Gasteiger charge is -2.39. The third kappa shape index (κ3) is 20.2. The van der Waals surface area contributed by atoms with E-state index in [1.165, 1.54) is 13.8 Å². The first-order valence-electron chi connectivity index (χ1n) is 18.9. The molecule has 9 nitrogen and oxygen atoms in total. The zero-order chi connectivity index (χ0) is 47.7. The SMILES string of the molecule is CCC(C)C(=O)O.CCC(C)C(=O)OCCC(F)(F)C(F)(F)C(F)(F)C(F)(F)C(F)(F)C(F)F.CCC(C)C(=O)OCCOCCOc1ccccc1.CCC(C)C(C)=O. The second kappa shape index (κ2) is 28.7. The van der Waals surface area contributed by atoms with Gasteiger partial charge < -0.3 is 24.1 Å². The molecule has 1 aromatic rings. The number of carboxylic acid groups (broad SMARTS) is 1. The van der Waals surface area contributed by atoms with Gasteiger partial charge in [-0.25, -0.2) is 8.78 Å². The molecule has 0 aliphatic heterocycles. The highest BCUT2D eigenvalue weighted by molar-refractivity contribution is 5.77. The van der Waals surface area contributed by atoms with E-state index in [1.807, 2.05) is 65.0 Å². The van der Waals surface area contributed by atoms with Gasteiger partial charge in [-0.1, -0.05) is 73.6 Å². The molecule has 0 aromatic heterocycles. The summed E-state index contributed by atoms with van der Waals surface area (Å²) in [7, 11) is 0. The van der Waals surface area contributed by atoms with Gasteiger partial charge in [0.05, 0.1) is 44.0 Å². The van der Waals surface area contributed by atoms with Crippen LogP contribution in [0.2, 0.25) is 0 Å². The van der Waals surface area contributed by atoms with Crippen molar-refractivity contribution in [1.29, 1.82) is 0 Å². The van der Waals surface area contributed by atoms with E-state index in [4.69, 9.17) is 19.3 Å². The molecule has 1 N–H and O–H groups in total. The molecule has 21 heteroatoms.